The minimum absolute atomic E-state index is 0.0455. The SMILES string of the molecule is CC(C)c1ccc(O)c(-c2n[nH]c(=O)n2-c2ccc(C=O)cc2)c1.CCC1C(=O)OCc2c1cc1n(c2=O)Cc2c-1nc1cc(F)c(C)c3c1c2C(NC(=O)OCC(=O)N1C2CCC1CN(C)C2)CC3.CO. The zero-order chi connectivity index (χ0) is 51.3. The van der Waals surface area contributed by atoms with Crippen LogP contribution in [0.15, 0.2) is 64.2 Å². The van der Waals surface area contributed by atoms with Crippen LogP contribution in [0.2, 0.25) is 0 Å². The Kier molecular flexibility index (Phi) is 13.7. The Morgan fingerprint density at radius 3 is 2.40 bits per heavy atom. The highest BCUT2D eigenvalue weighted by Crippen LogP contribution is 2.46. The Bertz CT molecular complexity index is 3260. The summed E-state index contributed by atoms with van der Waals surface area (Å²) in [4.78, 5) is 84.7. The molecule has 6 aromatic rings. The van der Waals surface area contributed by atoms with Crippen LogP contribution in [0.3, 0.4) is 0 Å². The van der Waals surface area contributed by atoms with Crippen LogP contribution >= 0.6 is 0 Å². The molecule has 11 rings (SSSR count). The second-order valence-electron chi connectivity index (χ2n) is 19.2. The average molecular weight is 985 g/mol. The summed E-state index contributed by atoms with van der Waals surface area (Å²) >= 11 is 0. The fourth-order valence-corrected chi connectivity index (χ4v) is 11.1. The number of carbonyl (C=O) groups is 4. The molecule has 3 aromatic heterocycles. The molecule has 5 aliphatic rings. The van der Waals surface area contributed by atoms with Crippen LogP contribution in [-0.4, -0.2) is 115 Å². The Labute approximate surface area is 413 Å². The molecule has 2 fully saturated rings. The number of piperazine rings is 1. The van der Waals surface area contributed by atoms with Gasteiger partial charge in [-0.2, -0.15) is 5.10 Å². The number of nitrogens with one attached hydrogen (secondary N) is 2. The Balaban J connectivity index is 0.000000208. The third-order valence-electron chi connectivity index (χ3n) is 14.7. The molecular weight excluding hydrogens is 928 g/mol. The lowest BCUT2D eigenvalue weighted by Gasteiger charge is -2.39. The minimum atomic E-state index is -0.703. The fraction of sp³-hybridized carbons (Fsp3) is 0.396. The molecule has 0 saturated carbocycles. The van der Waals surface area contributed by atoms with Crippen molar-refractivity contribution in [2.75, 3.05) is 33.9 Å². The monoisotopic (exact) mass is 984 g/mol. The number of aromatic amines is 1. The van der Waals surface area contributed by atoms with Crippen molar-refractivity contribution in [1.82, 2.24) is 39.4 Å². The number of nitrogens with zero attached hydrogens (tertiary/aromatic N) is 6. The zero-order valence-electron chi connectivity index (χ0n) is 41.0. The second kappa shape index (κ2) is 19.9. The van der Waals surface area contributed by atoms with E-state index in [-0.39, 0.29) is 66.8 Å². The first kappa shape index (κ1) is 49.5. The number of amides is 2. The summed E-state index contributed by atoms with van der Waals surface area (Å²) in [5, 5.41) is 27.5. The van der Waals surface area contributed by atoms with Crippen molar-refractivity contribution in [3.05, 3.63) is 126 Å². The number of H-pyrrole nitrogens is 1. The van der Waals surface area contributed by atoms with Crippen molar-refractivity contribution in [3.63, 3.8) is 0 Å². The van der Waals surface area contributed by atoms with Gasteiger partial charge in [-0.25, -0.2) is 28.6 Å². The van der Waals surface area contributed by atoms with Crippen LogP contribution in [-0.2, 0) is 38.6 Å². The molecule has 2 saturated heterocycles. The lowest BCUT2D eigenvalue weighted by molar-refractivity contribution is -0.148. The molecule has 72 heavy (non-hydrogen) atoms. The lowest BCUT2D eigenvalue weighted by Crippen LogP contribution is -2.55. The van der Waals surface area contributed by atoms with E-state index in [2.05, 4.69) is 27.5 Å². The van der Waals surface area contributed by atoms with Crippen LogP contribution < -0.4 is 16.6 Å². The van der Waals surface area contributed by atoms with Gasteiger partial charge < -0.3 is 39.4 Å². The molecule has 4 aliphatic heterocycles. The maximum atomic E-state index is 15.2. The minimum Gasteiger partial charge on any atom is -0.507 e. The van der Waals surface area contributed by atoms with Crippen molar-refractivity contribution in [1.29, 1.82) is 0 Å². The van der Waals surface area contributed by atoms with Gasteiger partial charge in [-0.05, 0) is 122 Å². The third-order valence-corrected chi connectivity index (χ3v) is 14.7. The number of hydrogen-bond donors (Lipinski definition) is 4. The number of alkyl carbamates (subject to hydrolysis) is 1. The molecule has 0 spiro atoms. The molecule has 376 valence electrons. The molecule has 4 unspecified atom stereocenters. The summed E-state index contributed by atoms with van der Waals surface area (Å²) in [6, 6.07) is 14.9. The molecule has 18 nitrogen and oxygen atoms in total. The van der Waals surface area contributed by atoms with Gasteiger partial charge in [-0.3, -0.25) is 19.2 Å². The third kappa shape index (κ3) is 8.73. The number of aliphatic hydroxyl groups excluding tert-OH is 1. The van der Waals surface area contributed by atoms with E-state index in [4.69, 9.17) is 19.6 Å². The van der Waals surface area contributed by atoms with Crippen LogP contribution in [0.25, 0.3) is 39.4 Å². The maximum absolute atomic E-state index is 15.2. The Morgan fingerprint density at radius 1 is 1.00 bits per heavy atom. The van der Waals surface area contributed by atoms with Crippen LogP contribution in [0.1, 0.15) is 114 Å². The number of hydrogen-bond acceptors (Lipinski definition) is 13. The van der Waals surface area contributed by atoms with E-state index in [0.29, 0.717) is 75.5 Å². The van der Waals surface area contributed by atoms with Crippen LogP contribution in [0, 0.1) is 12.7 Å². The number of benzene rings is 3. The number of likely N-dealkylation sites (tertiary alicyclic amines) is 1. The highest BCUT2D eigenvalue weighted by atomic mass is 19.1. The molecular formula is C53H57FN8O10. The van der Waals surface area contributed by atoms with E-state index in [9.17, 15) is 33.9 Å². The summed E-state index contributed by atoms with van der Waals surface area (Å²) in [6.45, 7) is 9.14. The number of carbonyl (C=O) groups excluding carboxylic acids is 4. The highest BCUT2D eigenvalue weighted by Gasteiger charge is 2.42. The van der Waals surface area contributed by atoms with Crippen LogP contribution in [0.4, 0.5) is 9.18 Å². The van der Waals surface area contributed by atoms with Gasteiger partial charge in [0.05, 0.1) is 52.2 Å². The topological polar surface area (TPSA) is 231 Å². The number of fused-ring (bicyclic) bond motifs is 7. The van der Waals surface area contributed by atoms with Crippen molar-refractivity contribution in [3.8, 4) is 34.2 Å². The molecule has 4 N–H and O–H groups in total. The number of aryl methyl sites for hydroxylation is 1. The maximum Gasteiger partial charge on any atom is 0.408 e. The predicted octanol–water partition coefficient (Wildman–Crippen LogP) is 5.92. The van der Waals surface area contributed by atoms with E-state index in [0.717, 1.165) is 67.0 Å². The number of cyclic esters (lactones) is 1. The number of aromatic hydroxyl groups is 1. The van der Waals surface area contributed by atoms with Gasteiger partial charge in [0.25, 0.3) is 11.5 Å². The van der Waals surface area contributed by atoms with Gasteiger partial charge in [0, 0.05) is 54.9 Å². The van der Waals surface area contributed by atoms with Gasteiger partial charge in [0.1, 0.15) is 24.5 Å². The number of phenols is 1. The van der Waals surface area contributed by atoms with E-state index < -0.39 is 23.7 Å². The number of aliphatic hydroxyl groups is 1. The first-order valence-electron chi connectivity index (χ1n) is 24.2. The quantitative estimate of drug-likeness (QED) is 0.103. The first-order valence-corrected chi connectivity index (χ1v) is 24.2. The number of rotatable bonds is 8. The number of aromatic nitrogens is 5. The van der Waals surface area contributed by atoms with E-state index >= 15 is 4.39 Å². The van der Waals surface area contributed by atoms with Crippen molar-refractivity contribution >= 4 is 35.2 Å². The number of aldehydes is 1. The van der Waals surface area contributed by atoms with Crippen molar-refractivity contribution in [2.45, 2.75) is 103 Å². The number of esters is 1. The molecule has 19 heteroatoms. The Morgan fingerprint density at radius 2 is 1.72 bits per heavy atom. The normalized spacial score (nSPS) is 19.3. The molecule has 3 aromatic carbocycles. The molecule has 1 aliphatic carbocycles. The summed E-state index contributed by atoms with van der Waals surface area (Å²) in [5.74, 6) is -0.821. The lowest BCUT2D eigenvalue weighted by atomic mass is 9.81. The molecule has 7 heterocycles. The highest BCUT2D eigenvalue weighted by molar-refractivity contribution is 5.94. The largest absolute Gasteiger partial charge is 0.507 e. The molecule has 2 amide bonds. The van der Waals surface area contributed by atoms with E-state index in [1.165, 1.54) is 10.6 Å². The van der Waals surface area contributed by atoms with E-state index in [1.807, 2.05) is 43.9 Å². The number of likely N-dealkylation sites (N-methyl/N-ethyl adjacent to an activating group) is 1. The summed E-state index contributed by atoms with van der Waals surface area (Å²) in [7, 11) is 3.06. The molecule has 4 atom stereocenters. The van der Waals surface area contributed by atoms with Gasteiger partial charge in [0.15, 0.2) is 12.4 Å². The summed E-state index contributed by atoms with van der Waals surface area (Å²) in [5.41, 5.74) is 7.48. The first-order chi connectivity index (χ1) is 34.6. The zero-order valence-corrected chi connectivity index (χ0v) is 41.0. The number of halogens is 1. The fourth-order valence-electron chi connectivity index (χ4n) is 11.1. The van der Waals surface area contributed by atoms with Gasteiger partial charge in [-0.1, -0.05) is 26.8 Å². The molecule has 0 radical (unpaired) electrons. The van der Waals surface area contributed by atoms with Gasteiger partial charge in [0.2, 0.25) is 0 Å². The summed E-state index contributed by atoms with van der Waals surface area (Å²) < 4.78 is 29.0. The van der Waals surface area contributed by atoms with Gasteiger partial charge in [-0.15, -0.1) is 0 Å². The number of pyridine rings is 2. The predicted molar refractivity (Wildman–Crippen MR) is 264 cm³/mol. The van der Waals surface area contributed by atoms with Crippen molar-refractivity contribution in [2.24, 2.45) is 0 Å². The number of phenolic OH excluding ortho intramolecular Hbond substituents is 1. The van der Waals surface area contributed by atoms with Gasteiger partial charge >= 0.3 is 17.8 Å². The number of ether oxygens (including phenoxy) is 2. The average Bonchev–Trinajstić information content (AvgIpc) is 4.03. The van der Waals surface area contributed by atoms with Crippen LogP contribution in [0.5, 0.6) is 5.75 Å². The second-order valence-corrected chi connectivity index (χ2v) is 19.2. The van der Waals surface area contributed by atoms with Crippen molar-refractivity contribution < 1.29 is 43.3 Å². The standard InChI is InChI=1S/C34H36FN5O6.C18H17N3O3.CH4O/c1-4-19-21-9-27-31-22(13-39(27)32(42)23(21)14-45-33(19)43)30-25(8-7-20-16(2)24(35)10-26(36-31)29(20)30)37-34(44)46-15-28(41)40-17-5-6-18(40)12-38(3)11-17;1-11(2)13-5-8-16(23)15(9-13)17-19-20-18(24)21(17)14-6-3-12(10-22)4-7-14;1-2/h9-10,17-19,25H,4-8,11-15H2,1-3H3,(H,37,44);3-11,23H,1-2H3,(H,20,24);2H,1H3. The smallest absolute Gasteiger partial charge is 0.408 e. The van der Waals surface area contributed by atoms with E-state index in [1.54, 1.807) is 41.8 Å². The molecule has 2 bridgehead atoms. The Hall–Kier alpha value is -7.51. The summed E-state index contributed by atoms with van der Waals surface area (Å²) in [6.07, 6.45) is 3.42.